The van der Waals surface area contributed by atoms with Gasteiger partial charge in [0, 0.05) is 29.8 Å². The van der Waals surface area contributed by atoms with Crippen LogP contribution in [0.15, 0.2) is 24.3 Å². The number of rotatable bonds is 4. The summed E-state index contributed by atoms with van der Waals surface area (Å²) < 4.78 is 0. The van der Waals surface area contributed by atoms with Crippen molar-refractivity contribution in [3.8, 4) is 0 Å². The number of benzene rings is 1. The third kappa shape index (κ3) is 2.41. The summed E-state index contributed by atoms with van der Waals surface area (Å²) in [4.78, 5) is 53.0. The highest BCUT2D eigenvalue weighted by atomic mass is 16.2. The molecule has 1 saturated carbocycles. The van der Waals surface area contributed by atoms with Gasteiger partial charge in [0.05, 0.1) is 11.8 Å². The maximum absolute atomic E-state index is 13.6. The van der Waals surface area contributed by atoms with E-state index in [-0.39, 0.29) is 30.2 Å². The largest absolute Gasteiger partial charge is 0.370 e. The molecule has 0 bridgehead atoms. The van der Waals surface area contributed by atoms with Crippen molar-refractivity contribution in [3.63, 3.8) is 0 Å². The molecule has 2 saturated heterocycles. The van der Waals surface area contributed by atoms with Gasteiger partial charge in [-0.3, -0.25) is 29.4 Å². The SMILES string of the molecule is NC(=O)CC[C@H]1N[C@]2(C(=O)Nc3ccccc32)[C@@H]2C(=O)N(C3CCCC3)C(=O)[C@@H]21. The van der Waals surface area contributed by atoms with Crippen molar-refractivity contribution in [3.05, 3.63) is 29.8 Å². The molecule has 3 aliphatic heterocycles. The second kappa shape index (κ2) is 6.38. The number of carbonyl (C=O) groups is 4. The topological polar surface area (TPSA) is 122 Å². The molecule has 1 aliphatic carbocycles. The summed E-state index contributed by atoms with van der Waals surface area (Å²) in [7, 11) is 0. The molecule has 4 N–H and O–H groups in total. The molecule has 0 radical (unpaired) electrons. The van der Waals surface area contributed by atoms with Gasteiger partial charge in [0.25, 0.3) is 0 Å². The number of para-hydroxylation sites is 1. The van der Waals surface area contributed by atoms with Gasteiger partial charge in [0.15, 0.2) is 0 Å². The molecule has 1 aromatic carbocycles. The molecule has 3 heterocycles. The standard InChI is InChI=1S/C21H24N4O4/c22-15(26)10-9-14-16-17(19(28)25(18(16)27)11-5-1-2-6-11)21(24-14)12-7-3-4-8-13(12)23-20(21)29/h3-4,7-8,11,14,16-17,24H,1-2,5-6,9-10H2,(H2,22,26)(H,23,29)/t14-,16-,17+,21+/m1/s1. The molecule has 0 unspecified atom stereocenters. The number of anilines is 1. The van der Waals surface area contributed by atoms with Crippen LogP contribution in [0.4, 0.5) is 5.69 Å². The van der Waals surface area contributed by atoms with E-state index in [1.807, 2.05) is 18.2 Å². The van der Waals surface area contributed by atoms with Crippen LogP contribution >= 0.6 is 0 Å². The van der Waals surface area contributed by atoms with Crippen molar-refractivity contribution >= 4 is 29.3 Å². The monoisotopic (exact) mass is 396 g/mol. The zero-order valence-electron chi connectivity index (χ0n) is 16.0. The van der Waals surface area contributed by atoms with Crippen LogP contribution in [0.1, 0.15) is 44.1 Å². The fraction of sp³-hybridized carbons (Fsp3) is 0.524. The number of fused-ring (bicyclic) bond motifs is 4. The van der Waals surface area contributed by atoms with Crippen LogP contribution in [0.5, 0.6) is 0 Å². The fourth-order valence-corrected chi connectivity index (χ4v) is 5.85. The predicted molar refractivity (Wildman–Crippen MR) is 103 cm³/mol. The lowest BCUT2D eigenvalue weighted by atomic mass is 9.76. The number of hydrogen-bond donors (Lipinski definition) is 3. The fourth-order valence-electron chi connectivity index (χ4n) is 5.85. The van der Waals surface area contributed by atoms with E-state index >= 15 is 0 Å². The summed E-state index contributed by atoms with van der Waals surface area (Å²) in [5.74, 6) is -2.75. The van der Waals surface area contributed by atoms with Gasteiger partial charge in [-0.2, -0.15) is 0 Å². The zero-order valence-corrected chi connectivity index (χ0v) is 16.0. The van der Waals surface area contributed by atoms with E-state index in [1.165, 1.54) is 4.90 Å². The smallest absolute Gasteiger partial charge is 0.250 e. The number of likely N-dealkylation sites (tertiary alicyclic amines) is 1. The summed E-state index contributed by atoms with van der Waals surface area (Å²) in [6.45, 7) is 0. The number of imide groups is 1. The maximum Gasteiger partial charge on any atom is 0.250 e. The quantitative estimate of drug-likeness (QED) is 0.644. The molecule has 8 nitrogen and oxygen atoms in total. The molecule has 1 aromatic rings. The van der Waals surface area contributed by atoms with Crippen LogP contribution in [-0.4, -0.2) is 40.6 Å². The number of nitrogens with zero attached hydrogens (tertiary/aromatic N) is 1. The van der Waals surface area contributed by atoms with Crippen LogP contribution in [-0.2, 0) is 24.7 Å². The number of hydrogen-bond acceptors (Lipinski definition) is 5. The minimum absolute atomic E-state index is 0.0884. The molecule has 4 atom stereocenters. The third-order valence-corrected chi connectivity index (χ3v) is 7.05. The van der Waals surface area contributed by atoms with Crippen molar-refractivity contribution in [2.75, 3.05) is 5.32 Å². The van der Waals surface area contributed by atoms with Gasteiger partial charge in [-0.1, -0.05) is 31.0 Å². The van der Waals surface area contributed by atoms with Crippen LogP contribution in [0.25, 0.3) is 0 Å². The summed E-state index contributed by atoms with van der Waals surface area (Å²) in [5, 5.41) is 6.19. The van der Waals surface area contributed by atoms with E-state index < -0.39 is 29.3 Å². The van der Waals surface area contributed by atoms with E-state index in [2.05, 4.69) is 10.6 Å². The lowest BCUT2D eigenvalue weighted by Crippen LogP contribution is -2.54. The second-order valence-electron chi connectivity index (χ2n) is 8.55. The summed E-state index contributed by atoms with van der Waals surface area (Å²) in [6.07, 6.45) is 4.01. The first kappa shape index (κ1) is 18.3. The third-order valence-electron chi connectivity index (χ3n) is 7.05. The first-order valence-corrected chi connectivity index (χ1v) is 10.3. The number of carbonyl (C=O) groups excluding carboxylic acids is 4. The van der Waals surface area contributed by atoms with E-state index in [9.17, 15) is 19.2 Å². The van der Waals surface area contributed by atoms with Crippen molar-refractivity contribution < 1.29 is 19.2 Å². The highest BCUT2D eigenvalue weighted by molar-refractivity contribution is 6.15. The molecular weight excluding hydrogens is 372 g/mol. The molecule has 3 fully saturated rings. The molecule has 0 aromatic heterocycles. The van der Waals surface area contributed by atoms with Crippen molar-refractivity contribution in [2.24, 2.45) is 17.6 Å². The van der Waals surface area contributed by atoms with Gasteiger partial charge >= 0.3 is 0 Å². The van der Waals surface area contributed by atoms with E-state index in [0.717, 1.165) is 25.7 Å². The summed E-state index contributed by atoms with van der Waals surface area (Å²) >= 11 is 0. The lowest BCUT2D eigenvalue weighted by molar-refractivity contribution is -0.145. The van der Waals surface area contributed by atoms with Crippen LogP contribution in [0, 0.1) is 11.8 Å². The molecule has 4 aliphatic rings. The average molecular weight is 396 g/mol. The number of primary amides is 1. The predicted octanol–water partition coefficient (Wildman–Crippen LogP) is 0.615. The van der Waals surface area contributed by atoms with Crippen LogP contribution in [0.3, 0.4) is 0 Å². The summed E-state index contributed by atoms with van der Waals surface area (Å²) in [5.41, 5.74) is 5.39. The Morgan fingerprint density at radius 2 is 1.86 bits per heavy atom. The van der Waals surface area contributed by atoms with Gasteiger partial charge in [0.1, 0.15) is 5.54 Å². The summed E-state index contributed by atoms with van der Waals surface area (Å²) in [6, 6.07) is 6.71. The molecule has 29 heavy (non-hydrogen) atoms. The Morgan fingerprint density at radius 1 is 1.14 bits per heavy atom. The highest BCUT2D eigenvalue weighted by Crippen LogP contribution is 2.54. The maximum atomic E-state index is 13.6. The van der Waals surface area contributed by atoms with Crippen LogP contribution in [0.2, 0.25) is 0 Å². The molecule has 8 heteroatoms. The van der Waals surface area contributed by atoms with Gasteiger partial charge in [-0.25, -0.2) is 0 Å². The van der Waals surface area contributed by atoms with Crippen molar-refractivity contribution in [1.82, 2.24) is 10.2 Å². The Labute approximate surface area is 168 Å². The second-order valence-corrected chi connectivity index (χ2v) is 8.55. The number of amides is 4. The molecule has 4 amide bonds. The van der Waals surface area contributed by atoms with Crippen LogP contribution < -0.4 is 16.4 Å². The van der Waals surface area contributed by atoms with Crippen molar-refractivity contribution in [1.29, 1.82) is 0 Å². The molecule has 152 valence electrons. The van der Waals surface area contributed by atoms with Gasteiger partial charge < -0.3 is 11.1 Å². The molecule has 1 spiro atoms. The molecule has 5 rings (SSSR count). The number of nitrogens with one attached hydrogen (secondary N) is 2. The number of nitrogens with two attached hydrogens (primary N) is 1. The van der Waals surface area contributed by atoms with Crippen molar-refractivity contribution in [2.45, 2.75) is 56.1 Å². The van der Waals surface area contributed by atoms with Gasteiger partial charge in [-0.15, -0.1) is 0 Å². The minimum atomic E-state index is -1.29. The Bertz CT molecular complexity index is 925. The first-order valence-electron chi connectivity index (χ1n) is 10.3. The highest BCUT2D eigenvalue weighted by Gasteiger charge is 2.70. The van der Waals surface area contributed by atoms with E-state index in [4.69, 9.17) is 5.73 Å². The van der Waals surface area contributed by atoms with Gasteiger partial charge in [-0.05, 0) is 25.3 Å². The van der Waals surface area contributed by atoms with E-state index in [0.29, 0.717) is 17.7 Å². The zero-order chi connectivity index (χ0) is 20.3. The minimum Gasteiger partial charge on any atom is -0.370 e. The Kier molecular flexibility index (Phi) is 4.03. The van der Waals surface area contributed by atoms with Gasteiger partial charge in [0.2, 0.25) is 23.6 Å². The molecular formula is C21H24N4O4. The van der Waals surface area contributed by atoms with E-state index in [1.54, 1.807) is 6.07 Å². The normalized spacial score (nSPS) is 33.4. The Morgan fingerprint density at radius 3 is 2.59 bits per heavy atom. The average Bonchev–Trinajstić information content (AvgIpc) is 3.42. The Hall–Kier alpha value is -2.74. The Balaban J connectivity index is 1.61. The lowest BCUT2D eigenvalue weighted by Gasteiger charge is -2.31. The first-order chi connectivity index (χ1) is 13.9.